The van der Waals surface area contributed by atoms with Crippen molar-refractivity contribution < 1.29 is 14.6 Å². The van der Waals surface area contributed by atoms with Crippen LogP contribution in [0.2, 0.25) is 0 Å². The van der Waals surface area contributed by atoms with Crippen molar-refractivity contribution in [2.24, 2.45) is 0 Å². The van der Waals surface area contributed by atoms with E-state index >= 15 is 0 Å². The molecule has 6 nitrogen and oxygen atoms in total. The lowest BCUT2D eigenvalue weighted by Crippen LogP contribution is -2.40. The third kappa shape index (κ3) is 3.56. The first-order valence-electron chi connectivity index (χ1n) is 7.59. The number of methoxy groups -OCH3 is 1. The maximum atomic E-state index is 11.2. The summed E-state index contributed by atoms with van der Waals surface area (Å²) in [5.74, 6) is 0.660. The van der Waals surface area contributed by atoms with Gasteiger partial charge in [0.2, 0.25) is 0 Å². The molecule has 1 fully saturated rings. The van der Waals surface area contributed by atoms with Crippen LogP contribution in [-0.4, -0.2) is 60.2 Å². The van der Waals surface area contributed by atoms with Crippen molar-refractivity contribution in [2.45, 2.75) is 44.4 Å². The Morgan fingerprint density at radius 3 is 2.95 bits per heavy atom. The van der Waals surface area contributed by atoms with Gasteiger partial charge in [0.1, 0.15) is 11.3 Å². The second kappa shape index (κ2) is 6.77. The van der Waals surface area contributed by atoms with Crippen LogP contribution in [0.25, 0.3) is 0 Å². The summed E-state index contributed by atoms with van der Waals surface area (Å²) >= 11 is 0. The fraction of sp³-hybridized carbons (Fsp3) is 0.800. The minimum Gasteiger partial charge on any atom is -0.493 e. The first kappa shape index (κ1) is 16.3. The summed E-state index contributed by atoms with van der Waals surface area (Å²) in [7, 11) is 5.67. The van der Waals surface area contributed by atoms with E-state index in [2.05, 4.69) is 16.9 Å². The Bertz CT molecular complexity index is 461. The van der Waals surface area contributed by atoms with Crippen molar-refractivity contribution in [2.75, 3.05) is 34.4 Å². The molecule has 0 spiro atoms. The maximum Gasteiger partial charge on any atom is 0.162 e. The molecule has 2 heterocycles. The third-order valence-electron chi connectivity index (χ3n) is 4.12. The smallest absolute Gasteiger partial charge is 0.162 e. The molecule has 120 valence electrons. The van der Waals surface area contributed by atoms with E-state index in [9.17, 15) is 5.11 Å². The van der Waals surface area contributed by atoms with Crippen LogP contribution < -0.4 is 4.74 Å². The van der Waals surface area contributed by atoms with Crippen LogP contribution in [-0.2, 0) is 16.9 Å². The number of ether oxygens (including phenoxy) is 2. The van der Waals surface area contributed by atoms with Gasteiger partial charge in [-0.3, -0.25) is 4.68 Å². The van der Waals surface area contributed by atoms with Crippen molar-refractivity contribution >= 4 is 0 Å². The Hall–Kier alpha value is -1.11. The highest BCUT2D eigenvalue weighted by atomic mass is 16.5. The molecule has 0 aromatic carbocycles. The van der Waals surface area contributed by atoms with Crippen LogP contribution in [0.4, 0.5) is 0 Å². The van der Waals surface area contributed by atoms with Gasteiger partial charge in [0.15, 0.2) is 5.75 Å². The molecule has 1 aromatic heterocycles. The predicted octanol–water partition coefficient (Wildman–Crippen LogP) is 1.23. The summed E-state index contributed by atoms with van der Waals surface area (Å²) in [4.78, 5) is 2.10. The van der Waals surface area contributed by atoms with E-state index < -0.39 is 5.60 Å². The van der Waals surface area contributed by atoms with Crippen molar-refractivity contribution in [3.05, 3.63) is 11.9 Å². The molecule has 1 aliphatic rings. The van der Waals surface area contributed by atoms with E-state index in [0.717, 1.165) is 25.2 Å². The van der Waals surface area contributed by atoms with Crippen LogP contribution in [0.5, 0.6) is 5.75 Å². The van der Waals surface area contributed by atoms with Gasteiger partial charge >= 0.3 is 0 Å². The van der Waals surface area contributed by atoms with Gasteiger partial charge in [-0.15, -0.1) is 0 Å². The number of hydrogen-bond acceptors (Lipinski definition) is 5. The zero-order chi connectivity index (χ0) is 15.5. The number of aromatic nitrogens is 2. The number of nitrogens with zero attached hydrogens (tertiary/aromatic N) is 3. The number of rotatable bonds is 6. The largest absolute Gasteiger partial charge is 0.493 e. The summed E-state index contributed by atoms with van der Waals surface area (Å²) in [6, 6.07) is 0. The topological polar surface area (TPSA) is 59.8 Å². The standard InChI is InChI=1S/C15H27N3O3/c1-5-12-10-15(19,6-9-21-12)14-13(20-4)11-16-18(14)8-7-17(2)3/h11-12,19H,5-10H2,1-4H3. The van der Waals surface area contributed by atoms with Crippen molar-refractivity contribution in [1.29, 1.82) is 0 Å². The van der Waals surface area contributed by atoms with Gasteiger partial charge in [0.05, 0.1) is 32.6 Å². The van der Waals surface area contributed by atoms with E-state index in [0.29, 0.717) is 25.2 Å². The molecule has 1 aliphatic heterocycles. The summed E-state index contributed by atoms with van der Waals surface area (Å²) in [6.07, 6.45) is 3.85. The molecule has 1 N–H and O–H groups in total. The lowest BCUT2D eigenvalue weighted by Gasteiger charge is -2.37. The Kier molecular flexibility index (Phi) is 5.24. The Balaban J connectivity index is 2.29. The molecule has 0 amide bonds. The highest BCUT2D eigenvalue weighted by molar-refractivity contribution is 5.31. The second-order valence-corrected chi connectivity index (χ2v) is 5.97. The van der Waals surface area contributed by atoms with E-state index in [4.69, 9.17) is 9.47 Å². The quantitative estimate of drug-likeness (QED) is 0.856. The number of likely N-dealkylation sites (N-methyl/N-ethyl adjacent to an activating group) is 1. The first-order valence-corrected chi connectivity index (χ1v) is 7.59. The van der Waals surface area contributed by atoms with Crippen molar-refractivity contribution in [1.82, 2.24) is 14.7 Å². The van der Waals surface area contributed by atoms with Crippen LogP contribution in [0.1, 0.15) is 31.9 Å². The minimum atomic E-state index is -0.924. The normalized spacial score (nSPS) is 26.3. The van der Waals surface area contributed by atoms with Gasteiger partial charge in [0, 0.05) is 19.4 Å². The van der Waals surface area contributed by atoms with Gasteiger partial charge in [-0.1, -0.05) is 6.92 Å². The Morgan fingerprint density at radius 2 is 2.33 bits per heavy atom. The highest BCUT2D eigenvalue weighted by Crippen LogP contribution is 2.39. The Morgan fingerprint density at radius 1 is 1.57 bits per heavy atom. The molecule has 2 atom stereocenters. The average molecular weight is 297 g/mol. The summed E-state index contributed by atoms with van der Waals surface area (Å²) in [6.45, 7) is 4.24. The van der Waals surface area contributed by atoms with E-state index in [1.165, 1.54) is 0 Å². The molecule has 0 bridgehead atoms. The van der Waals surface area contributed by atoms with Crippen LogP contribution in [0.15, 0.2) is 6.20 Å². The summed E-state index contributed by atoms with van der Waals surface area (Å²) in [5.41, 5.74) is -0.138. The summed E-state index contributed by atoms with van der Waals surface area (Å²) < 4.78 is 13.0. The van der Waals surface area contributed by atoms with E-state index in [1.807, 2.05) is 18.8 Å². The molecule has 2 rings (SSSR count). The fourth-order valence-electron chi connectivity index (χ4n) is 2.86. The molecule has 2 unspecified atom stereocenters. The molecule has 21 heavy (non-hydrogen) atoms. The SMILES string of the molecule is CCC1CC(O)(c2c(OC)cnn2CCN(C)C)CCO1. The van der Waals surface area contributed by atoms with E-state index in [-0.39, 0.29) is 6.10 Å². The highest BCUT2D eigenvalue weighted by Gasteiger charge is 2.41. The molecule has 1 saturated heterocycles. The van der Waals surface area contributed by atoms with E-state index in [1.54, 1.807) is 13.3 Å². The number of aliphatic hydroxyl groups is 1. The lowest BCUT2D eigenvalue weighted by atomic mass is 9.86. The molecule has 6 heteroatoms. The van der Waals surface area contributed by atoms with Crippen LogP contribution in [0.3, 0.4) is 0 Å². The third-order valence-corrected chi connectivity index (χ3v) is 4.12. The average Bonchev–Trinajstić information content (AvgIpc) is 2.89. The second-order valence-electron chi connectivity index (χ2n) is 5.97. The molecule has 1 aromatic rings. The van der Waals surface area contributed by atoms with Gasteiger partial charge < -0.3 is 19.5 Å². The maximum absolute atomic E-state index is 11.2. The monoisotopic (exact) mass is 297 g/mol. The zero-order valence-corrected chi connectivity index (χ0v) is 13.5. The van der Waals surface area contributed by atoms with Crippen molar-refractivity contribution in [3.63, 3.8) is 0 Å². The van der Waals surface area contributed by atoms with Gasteiger partial charge in [-0.25, -0.2) is 0 Å². The van der Waals surface area contributed by atoms with Gasteiger partial charge in [0.25, 0.3) is 0 Å². The molecule has 0 radical (unpaired) electrons. The lowest BCUT2D eigenvalue weighted by molar-refractivity contribution is -0.113. The predicted molar refractivity (Wildman–Crippen MR) is 80.5 cm³/mol. The zero-order valence-electron chi connectivity index (χ0n) is 13.5. The van der Waals surface area contributed by atoms with Crippen molar-refractivity contribution in [3.8, 4) is 5.75 Å². The minimum absolute atomic E-state index is 0.0886. The first-order chi connectivity index (χ1) is 10.00. The van der Waals surface area contributed by atoms with Crippen LogP contribution in [0, 0.1) is 0 Å². The molecule has 0 saturated carbocycles. The molecule has 0 aliphatic carbocycles. The molecular weight excluding hydrogens is 270 g/mol. The van der Waals surface area contributed by atoms with Gasteiger partial charge in [-0.2, -0.15) is 5.10 Å². The summed E-state index contributed by atoms with van der Waals surface area (Å²) in [5, 5.41) is 15.6. The number of hydrogen-bond donors (Lipinski definition) is 1. The Labute approximate surface area is 126 Å². The molecular formula is C15H27N3O3. The fourth-order valence-corrected chi connectivity index (χ4v) is 2.86. The van der Waals surface area contributed by atoms with Gasteiger partial charge in [-0.05, 0) is 20.5 Å². The van der Waals surface area contributed by atoms with Crippen LogP contribution >= 0.6 is 0 Å².